The monoisotopic (exact) mass is 313 g/mol. The molecule has 0 bridgehead atoms. The number of nitrogens with zero attached hydrogens (tertiary/aromatic N) is 1. The highest BCUT2D eigenvalue weighted by Gasteiger charge is 2.36. The predicted octanol–water partition coefficient (Wildman–Crippen LogP) is 4.96. The van der Waals surface area contributed by atoms with E-state index in [4.69, 9.17) is 8.85 Å². The summed E-state index contributed by atoms with van der Waals surface area (Å²) in [7, 11) is -3.36. The Bertz CT molecular complexity index is 388. The molecule has 0 aliphatic rings. The van der Waals surface area contributed by atoms with E-state index >= 15 is 0 Å². The lowest BCUT2D eigenvalue weighted by Gasteiger charge is -2.36. The molecule has 116 valence electrons. The average Bonchev–Trinajstić information content (AvgIpc) is 2.19. The lowest BCUT2D eigenvalue weighted by molar-refractivity contribution is 0.324. The fourth-order valence-corrected chi connectivity index (χ4v) is 2.81. The fourth-order valence-electron chi connectivity index (χ4n) is 1.07. The van der Waals surface area contributed by atoms with Crippen molar-refractivity contribution in [3.63, 3.8) is 0 Å². The molecule has 0 amide bonds. The third kappa shape index (κ3) is 7.82. The third-order valence-corrected chi connectivity index (χ3v) is 8.57. The summed E-state index contributed by atoms with van der Waals surface area (Å²) in [5, 5.41) is 0.203. The summed E-state index contributed by atoms with van der Waals surface area (Å²) >= 11 is 0. The maximum atomic E-state index is 6.08. The van der Waals surface area contributed by atoms with Crippen LogP contribution in [0.15, 0.2) is 29.6 Å². The first-order chi connectivity index (χ1) is 8.74. The maximum Gasteiger partial charge on any atom is 0.244 e. The van der Waals surface area contributed by atoms with Gasteiger partial charge in [-0.15, -0.1) is 0 Å². The Labute approximate surface area is 127 Å². The molecule has 0 atom stereocenters. The topological polar surface area (TPSA) is 30.8 Å². The summed E-state index contributed by atoms with van der Waals surface area (Å²) in [4.78, 5) is 4.20. The van der Waals surface area contributed by atoms with Gasteiger partial charge in [-0.1, -0.05) is 27.4 Å². The van der Waals surface area contributed by atoms with E-state index in [2.05, 4.69) is 71.7 Å². The van der Waals surface area contributed by atoms with Gasteiger partial charge in [0, 0.05) is 6.21 Å². The molecule has 0 rings (SSSR count). The molecule has 5 heteroatoms. The van der Waals surface area contributed by atoms with Gasteiger partial charge >= 0.3 is 0 Å². The smallest absolute Gasteiger partial charge is 0.244 e. The molecular formula is C15H31NO2Si2. The number of rotatable bonds is 7. The lowest BCUT2D eigenvalue weighted by Crippen LogP contribution is -2.41. The largest absolute Gasteiger partial charge is 0.532 e. The van der Waals surface area contributed by atoms with E-state index in [1.165, 1.54) is 0 Å². The van der Waals surface area contributed by atoms with Crippen molar-refractivity contribution in [1.82, 2.24) is 0 Å². The molecule has 0 fully saturated rings. The first-order valence-corrected chi connectivity index (χ1v) is 13.3. The minimum Gasteiger partial charge on any atom is -0.532 e. The van der Waals surface area contributed by atoms with Crippen molar-refractivity contribution in [1.29, 1.82) is 0 Å². The number of hydrogen-bond donors (Lipinski definition) is 0. The normalized spacial score (nSPS) is 13.6. The van der Waals surface area contributed by atoms with Crippen molar-refractivity contribution in [3.8, 4) is 0 Å². The van der Waals surface area contributed by atoms with Gasteiger partial charge in [-0.05, 0) is 49.9 Å². The van der Waals surface area contributed by atoms with Gasteiger partial charge in [-0.25, -0.2) is 4.99 Å². The molecule has 0 aromatic heterocycles. The van der Waals surface area contributed by atoms with Crippen molar-refractivity contribution < 1.29 is 8.85 Å². The van der Waals surface area contributed by atoms with Crippen LogP contribution in [-0.4, -0.2) is 29.5 Å². The molecule has 0 N–H and O–H groups in total. The quantitative estimate of drug-likeness (QED) is 0.378. The standard InChI is InChI=1S/C15H31NO2Si2/c1-13(11-16-14(2)18-19(6,7)8)12-17-20(9,10)15(3,4)5/h11H,1-2,12H2,3-10H3/b16-11+. The van der Waals surface area contributed by atoms with Crippen LogP contribution in [0.25, 0.3) is 0 Å². The number of hydrogen-bond acceptors (Lipinski definition) is 3. The Morgan fingerprint density at radius 3 is 2.00 bits per heavy atom. The Morgan fingerprint density at radius 1 is 1.10 bits per heavy atom. The predicted molar refractivity (Wildman–Crippen MR) is 94.4 cm³/mol. The van der Waals surface area contributed by atoms with E-state index in [1.807, 2.05) is 0 Å². The first-order valence-electron chi connectivity index (χ1n) is 6.98. The maximum absolute atomic E-state index is 6.08. The second kappa shape index (κ2) is 6.87. The van der Waals surface area contributed by atoms with Crippen LogP contribution in [0.2, 0.25) is 37.8 Å². The molecule has 0 unspecified atom stereocenters. The minimum atomic E-state index is -1.73. The summed E-state index contributed by atoms with van der Waals surface area (Å²) in [5.74, 6) is 0.456. The fraction of sp³-hybridized carbons (Fsp3) is 0.667. The Hall–Kier alpha value is -0.656. The zero-order chi connectivity index (χ0) is 16.2. The third-order valence-electron chi connectivity index (χ3n) is 3.24. The van der Waals surface area contributed by atoms with Crippen molar-refractivity contribution in [2.24, 2.45) is 4.99 Å². The molecule has 0 aliphatic heterocycles. The first kappa shape index (κ1) is 19.3. The van der Waals surface area contributed by atoms with Crippen LogP contribution in [0.3, 0.4) is 0 Å². The molecule has 0 saturated heterocycles. The molecule has 0 radical (unpaired) electrons. The van der Waals surface area contributed by atoms with Gasteiger partial charge in [0.2, 0.25) is 8.32 Å². The Kier molecular flexibility index (Phi) is 6.64. The molecular weight excluding hydrogens is 282 g/mol. The van der Waals surface area contributed by atoms with Gasteiger partial charge in [0.05, 0.1) is 6.61 Å². The van der Waals surface area contributed by atoms with E-state index in [1.54, 1.807) is 6.21 Å². The molecule has 0 saturated carbocycles. The number of aliphatic imine (C=N–C) groups is 1. The van der Waals surface area contributed by atoms with Gasteiger partial charge in [-0.3, -0.25) is 0 Å². The minimum absolute atomic E-state index is 0.203. The van der Waals surface area contributed by atoms with E-state index in [9.17, 15) is 0 Å². The van der Waals surface area contributed by atoms with Crippen LogP contribution in [0.4, 0.5) is 0 Å². The summed E-state index contributed by atoms with van der Waals surface area (Å²) in [5.41, 5.74) is 0.843. The van der Waals surface area contributed by atoms with Crippen LogP contribution in [-0.2, 0) is 8.85 Å². The van der Waals surface area contributed by atoms with E-state index in [-0.39, 0.29) is 5.04 Å². The van der Waals surface area contributed by atoms with Crippen molar-refractivity contribution >= 4 is 22.8 Å². The summed E-state index contributed by atoms with van der Waals surface area (Å²) < 4.78 is 11.7. The van der Waals surface area contributed by atoms with Crippen LogP contribution in [0, 0.1) is 0 Å². The molecule has 0 aliphatic carbocycles. The average molecular weight is 314 g/mol. The second-order valence-electron chi connectivity index (χ2n) is 7.57. The van der Waals surface area contributed by atoms with Gasteiger partial charge in [-0.2, -0.15) is 0 Å². The summed E-state index contributed by atoms with van der Waals surface area (Å²) in [6, 6.07) is 0. The molecule has 20 heavy (non-hydrogen) atoms. The van der Waals surface area contributed by atoms with E-state index in [0.29, 0.717) is 12.5 Å². The second-order valence-corrected chi connectivity index (χ2v) is 16.8. The Balaban J connectivity index is 4.36. The molecule has 0 spiro atoms. The van der Waals surface area contributed by atoms with E-state index < -0.39 is 16.6 Å². The highest BCUT2D eigenvalue weighted by molar-refractivity contribution is 6.74. The van der Waals surface area contributed by atoms with Gasteiger partial charge in [0.25, 0.3) is 0 Å². The van der Waals surface area contributed by atoms with Crippen molar-refractivity contribution in [2.75, 3.05) is 6.61 Å². The molecule has 0 aromatic carbocycles. The van der Waals surface area contributed by atoms with Crippen molar-refractivity contribution in [3.05, 3.63) is 24.6 Å². The molecule has 3 nitrogen and oxygen atoms in total. The zero-order valence-corrected chi connectivity index (χ0v) is 16.5. The van der Waals surface area contributed by atoms with Crippen LogP contribution in [0.1, 0.15) is 20.8 Å². The van der Waals surface area contributed by atoms with Crippen molar-refractivity contribution in [2.45, 2.75) is 58.5 Å². The zero-order valence-electron chi connectivity index (χ0n) is 14.5. The van der Waals surface area contributed by atoms with E-state index in [0.717, 1.165) is 5.57 Å². The van der Waals surface area contributed by atoms with Gasteiger partial charge < -0.3 is 8.85 Å². The van der Waals surface area contributed by atoms with Crippen LogP contribution < -0.4 is 0 Å². The SMILES string of the molecule is C=C(/C=N/C(=C)O[Si](C)(C)C)CO[Si](C)(C)C(C)(C)C. The highest BCUT2D eigenvalue weighted by atomic mass is 28.4. The summed E-state index contributed by atoms with van der Waals surface area (Å²) in [6.45, 7) is 25.7. The lowest BCUT2D eigenvalue weighted by atomic mass is 10.2. The van der Waals surface area contributed by atoms with Gasteiger partial charge in [0.15, 0.2) is 14.2 Å². The van der Waals surface area contributed by atoms with Crippen LogP contribution in [0.5, 0.6) is 0 Å². The summed E-state index contributed by atoms with van der Waals surface area (Å²) in [6.07, 6.45) is 1.69. The van der Waals surface area contributed by atoms with Gasteiger partial charge in [0.1, 0.15) is 0 Å². The highest BCUT2D eigenvalue weighted by Crippen LogP contribution is 2.36. The molecule has 0 heterocycles. The molecule has 0 aromatic rings. The Morgan fingerprint density at radius 2 is 1.60 bits per heavy atom. The van der Waals surface area contributed by atoms with Crippen LogP contribution >= 0.6 is 0 Å².